The van der Waals surface area contributed by atoms with Gasteiger partial charge in [-0.3, -0.25) is 0 Å². The van der Waals surface area contributed by atoms with Gasteiger partial charge in [0.15, 0.2) is 0 Å². The summed E-state index contributed by atoms with van der Waals surface area (Å²) in [6.07, 6.45) is 0.718. The Morgan fingerprint density at radius 2 is 1.87 bits per heavy atom. The van der Waals surface area contributed by atoms with Crippen molar-refractivity contribution < 1.29 is 13.9 Å². The summed E-state index contributed by atoms with van der Waals surface area (Å²) >= 11 is 3.44. The Kier molecular flexibility index (Phi) is 6.05. The average molecular weight is 371 g/mol. The first-order valence-corrected chi connectivity index (χ1v) is 7.88. The van der Waals surface area contributed by atoms with Gasteiger partial charge in [0.05, 0.1) is 25.0 Å². The predicted octanol–water partition coefficient (Wildman–Crippen LogP) is 4.78. The summed E-state index contributed by atoms with van der Waals surface area (Å²) < 4.78 is 11.4. The Morgan fingerprint density at radius 1 is 1.17 bits per heavy atom. The second-order valence-electron chi connectivity index (χ2n) is 4.74. The molecule has 5 heteroatoms. The number of fused-ring (bicyclic) bond motifs is 1. The lowest BCUT2D eigenvalue weighted by Crippen LogP contribution is -2.00. The summed E-state index contributed by atoms with van der Waals surface area (Å²) in [4.78, 5) is 11.6. The van der Waals surface area contributed by atoms with Crippen molar-refractivity contribution in [2.75, 3.05) is 7.11 Å². The van der Waals surface area contributed by atoms with Gasteiger partial charge in [-0.15, -0.1) is 0 Å². The van der Waals surface area contributed by atoms with Crippen molar-refractivity contribution in [3.05, 3.63) is 69.9 Å². The molecule has 1 heterocycles. The van der Waals surface area contributed by atoms with Crippen molar-refractivity contribution in [2.24, 2.45) is 0 Å². The summed E-state index contributed by atoms with van der Waals surface area (Å²) in [7, 11) is 5.87. The van der Waals surface area contributed by atoms with E-state index in [9.17, 15) is 4.79 Å². The van der Waals surface area contributed by atoms with Crippen molar-refractivity contribution in [1.29, 1.82) is 0 Å². The van der Waals surface area contributed by atoms with E-state index in [1.54, 1.807) is 12.1 Å². The van der Waals surface area contributed by atoms with Gasteiger partial charge in [-0.1, -0.05) is 37.2 Å². The van der Waals surface area contributed by atoms with Crippen LogP contribution in [-0.2, 0) is 11.2 Å². The van der Waals surface area contributed by atoms with Crippen molar-refractivity contribution in [3.8, 4) is 0 Å². The van der Waals surface area contributed by atoms with Crippen LogP contribution in [0.3, 0.4) is 0 Å². The van der Waals surface area contributed by atoms with E-state index in [0.29, 0.717) is 5.56 Å². The molecule has 0 amide bonds. The highest BCUT2D eigenvalue weighted by Crippen LogP contribution is 2.30. The zero-order valence-corrected chi connectivity index (χ0v) is 14.6. The van der Waals surface area contributed by atoms with Gasteiger partial charge in [0, 0.05) is 11.8 Å². The number of hydrogen-bond donors (Lipinski definition) is 0. The fraction of sp³-hybridized carbons (Fsp3) is 0.167. The quantitative estimate of drug-likeness (QED) is 0.492. The zero-order valence-electron chi connectivity index (χ0n) is 13.0. The first kappa shape index (κ1) is 17.4. The Labute approximate surface area is 145 Å². The third kappa shape index (κ3) is 4.05. The molecule has 3 rings (SSSR count). The first-order valence-electron chi connectivity index (χ1n) is 7.09. The largest absolute Gasteiger partial charge is 0.465 e. The molecule has 0 aliphatic heterocycles. The number of ether oxygens (including phenoxy) is 1. The van der Waals surface area contributed by atoms with E-state index < -0.39 is 0 Å². The standard InChI is InChI=1S/C17H13BrO3.CH3B/c1-20-17(19)13-8-12-9-14(21-16(12)15(18)10-13)7-11-5-3-2-4-6-11;1-2/h2-6,8-10H,7H2,1H3;1H3. The van der Waals surface area contributed by atoms with Crippen LogP contribution in [0.2, 0.25) is 6.82 Å². The van der Waals surface area contributed by atoms with Crippen molar-refractivity contribution in [1.82, 2.24) is 0 Å². The average Bonchev–Trinajstić information content (AvgIpc) is 3.00. The molecule has 3 nitrogen and oxygen atoms in total. The number of methoxy groups -OCH3 is 1. The molecule has 2 aromatic carbocycles. The third-order valence-electron chi connectivity index (χ3n) is 3.26. The number of esters is 1. The number of halogens is 1. The SMILES string of the molecule is COC(=O)c1cc(Br)c2oc(Cc3ccccc3)cc2c1.[B]C. The Balaban J connectivity index is 0.000000924. The fourth-order valence-electron chi connectivity index (χ4n) is 2.28. The number of carbonyl (C=O) groups excluding carboxylic acids is 1. The van der Waals surface area contributed by atoms with Gasteiger partial charge in [0.2, 0.25) is 0 Å². The maximum atomic E-state index is 11.6. The number of benzene rings is 2. The summed E-state index contributed by atoms with van der Waals surface area (Å²) in [6, 6.07) is 15.6. The summed E-state index contributed by atoms with van der Waals surface area (Å²) in [5, 5.41) is 0.885. The van der Waals surface area contributed by atoms with Crippen molar-refractivity contribution in [2.45, 2.75) is 13.2 Å². The van der Waals surface area contributed by atoms with Crippen LogP contribution in [0.4, 0.5) is 0 Å². The topological polar surface area (TPSA) is 39.4 Å². The van der Waals surface area contributed by atoms with Crippen molar-refractivity contribution >= 4 is 40.7 Å². The van der Waals surface area contributed by atoms with E-state index >= 15 is 0 Å². The number of furan rings is 1. The summed E-state index contributed by atoms with van der Waals surface area (Å²) in [5.41, 5.74) is 2.43. The lowest BCUT2D eigenvalue weighted by molar-refractivity contribution is 0.0601. The van der Waals surface area contributed by atoms with E-state index in [-0.39, 0.29) is 5.97 Å². The van der Waals surface area contributed by atoms with Crippen LogP contribution in [0.5, 0.6) is 0 Å². The van der Waals surface area contributed by atoms with Crippen LogP contribution in [-0.4, -0.2) is 20.9 Å². The summed E-state index contributed by atoms with van der Waals surface area (Å²) in [6.45, 7) is 1.50. The molecule has 116 valence electrons. The fourth-order valence-corrected chi connectivity index (χ4v) is 2.84. The maximum absolute atomic E-state index is 11.6. The molecule has 0 N–H and O–H groups in total. The van der Waals surface area contributed by atoms with Gasteiger partial charge in [-0.05, 0) is 39.7 Å². The minimum Gasteiger partial charge on any atom is -0.465 e. The van der Waals surface area contributed by atoms with E-state index in [2.05, 4.69) is 35.9 Å². The van der Waals surface area contributed by atoms with Gasteiger partial charge in [0.1, 0.15) is 11.3 Å². The highest BCUT2D eigenvalue weighted by atomic mass is 79.9. The molecular formula is C18H16BBrO3. The first-order chi connectivity index (χ1) is 11.2. The van der Waals surface area contributed by atoms with Gasteiger partial charge in [-0.25, -0.2) is 4.79 Å². The zero-order chi connectivity index (χ0) is 16.8. The Morgan fingerprint density at radius 3 is 2.52 bits per heavy atom. The molecule has 0 aliphatic carbocycles. The molecule has 0 atom stereocenters. The second-order valence-corrected chi connectivity index (χ2v) is 5.60. The van der Waals surface area contributed by atoms with E-state index in [4.69, 9.17) is 9.15 Å². The molecule has 0 aliphatic rings. The number of rotatable bonds is 3. The molecule has 3 aromatic rings. The van der Waals surface area contributed by atoms with Gasteiger partial charge in [-0.2, -0.15) is 0 Å². The highest BCUT2D eigenvalue weighted by Gasteiger charge is 2.13. The Bertz CT molecular complexity index is 797. The van der Waals surface area contributed by atoms with Crippen LogP contribution in [0.15, 0.2) is 57.4 Å². The van der Waals surface area contributed by atoms with Crippen LogP contribution in [0, 0.1) is 0 Å². The lowest BCUT2D eigenvalue weighted by Gasteiger charge is -2.00. The summed E-state index contributed by atoms with van der Waals surface area (Å²) in [5.74, 6) is 0.502. The van der Waals surface area contributed by atoms with Crippen LogP contribution < -0.4 is 0 Å². The van der Waals surface area contributed by atoms with E-state index in [0.717, 1.165) is 27.6 Å². The molecule has 0 spiro atoms. The Hall–Kier alpha value is -2.01. The normalized spacial score (nSPS) is 10.0. The molecular weight excluding hydrogens is 355 g/mol. The maximum Gasteiger partial charge on any atom is 0.337 e. The van der Waals surface area contributed by atoms with Gasteiger partial charge in [0.25, 0.3) is 0 Å². The minimum absolute atomic E-state index is 0.358. The third-order valence-corrected chi connectivity index (χ3v) is 3.85. The predicted molar refractivity (Wildman–Crippen MR) is 96.1 cm³/mol. The monoisotopic (exact) mass is 370 g/mol. The number of carbonyl (C=O) groups is 1. The van der Waals surface area contributed by atoms with Crippen molar-refractivity contribution in [3.63, 3.8) is 0 Å². The molecule has 1 aromatic heterocycles. The molecule has 0 fully saturated rings. The smallest absolute Gasteiger partial charge is 0.337 e. The van der Waals surface area contributed by atoms with Gasteiger partial charge >= 0.3 is 5.97 Å². The van der Waals surface area contributed by atoms with E-state index in [1.807, 2.05) is 24.3 Å². The van der Waals surface area contributed by atoms with Crippen LogP contribution in [0.25, 0.3) is 11.0 Å². The molecule has 2 radical (unpaired) electrons. The molecule has 0 bridgehead atoms. The lowest BCUT2D eigenvalue weighted by atomic mass is 10.1. The minimum atomic E-state index is -0.358. The molecule has 23 heavy (non-hydrogen) atoms. The van der Waals surface area contributed by atoms with Crippen LogP contribution >= 0.6 is 15.9 Å². The second kappa shape index (κ2) is 8.02. The van der Waals surface area contributed by atoms with Gasteiger partial charge < -0.3 is 9.15 Å². The highest BCUT2D eigenvalue weighted by molar-refractivity contribution is 9.10. The number of hydrogen-bond acceptors (Lipinski definition) is 3. The van der Waals surface area contributed by atoms with E-state index in [1.165, 1.54) is 19.5 Å². The molecule has 0 saturated carbocycles. The molecule has 0 saturated heterocycles. The molecule has 0 unspecified atom stereocenters. The van der Waals surface area contributed by atoms with Crippen LogP contribution in [0.1, 0.15) is 21.7 Å².